The highest BCUT2D eigenvalue weighted by Crippen LogP contribution is 2.26. The number of rotatable bonds is 7. The molecule has 0 amide bonds. The first-order valence-corrected chi connectivity index (χ1v) is 10.8. The molecule has 0 aromatic heterocycles. The zero-order chi connectivity index (χ0) is 19.3. The minimum Gasteiger partial charge on any atom is -0.493 e. The summed E-state index contributed by atoms with van der Waals surface area (Å²) in [6, 6.07) is 16.4. The third-order valence-electron chi connectivity index (χ3n) is 4.64. The summed E-state index contributed by atoms with van der Waals surface area (Å²) in [5.41, 5.74) is 0. The van der Waals surface area contributed by atoms with Gasteiger partial charge in [0, 0.05) is 13.1 Å². The molecule has 0 aliphatic carbocycles. The summed E-state index contributed by atoms with van der Waals surface area (Å²) in [6.45, 7) is 5.55. The average Bonchev–Trinajstić information content (AvgIpc) is 2.67. The molecule has 0 unspecified atom stereocenters. The monoisotopic (exact) mass is 389 g/mol. The number of piperidine rings is 1. The van der Waals surface area contributed by atoms with Crippen LogP contribution in [0.15, 0.2) is 59.5 Å². The zero-order valence-corrected chi connectivity index (χ0v) is 16.7. The lowest BCUT2D eigenvalue weighted by atomic mass is 9.99. The fraction of sp³-hybridized carbons (Fsp3) is 0.429. The summed E-state index contributed by atoms with van der Waals surface area (Å²) in [7, 11) is -3.46. The number of ether oxygens (including phenoxy) is 2. The summed E-state index contributed by atoms with van der Waals surface area (Å²) in [4.78, 5) is 0.317. The van der Waals surface area contributed by atoms with E-state index in [4.69, 9.17) is 9.47 Å². The Bertz CT molecular complexity index is 811. The zero-order valence-electron chi connectivity index (χ0n) is 15.9. The number of benzene rings is 2. The van der Waals surface area contributed by atoms with Crippen LogP contribution in [-0.4, -0.2) is 38.5 Å². The van der Waals surface area contributed by atoms with Gasteiger partial charge in [-0.1, -0.05) is 18.2 Å². The normalized spacial score (nSPS) is 16.4. The molecule has 2 aromatic carbocycles. The van der Waals surface area contributed by atoms with Crippen LogP contribution in [0.1, 0.15) is 26.7 Å². The van der Waals surface area contributed by atoms with Gasteiger partial charge in [0.25, 0.3) is 0 Å². The number of sulfonamides is 1. The Balaban J connectivity index is 1.54. The highest BCUT2D eigenvalue weighted by molar-refractivity contribution is 7.89. The Morgan fingerprint density at radius 2 is 1.59 bits per heavy atom. The lowest BCUT2D eigenvalue weighted by Crippen LogP contribution is -2.39. The Kier molecular flexibility index (Phi) is 6.39. The summed E-state index contributed by atoms with van der Waals surface area (Å²) in [6.07, 6.45) is 1.67. The first kappa shape index (κ1) is 19.7. The van der Waals surface area contributed by atoms with E-state index < -0.39 is 10.0 Å². The molecule has 1 heterocycles. The minimum atomic E-state index is -3.46. The fourth-order valence-corrected chi connectivity index (χ4v) is 4.63. The Morgan fingerprint density at radius 3 is 2.19 bits per heavy atom. The summed E-state index contributed by atoms with van der Waals surface area (Å²) < 4.78 is 38.7. The average molecular weight is 390 g/mol. The van der Waals surface area contributed by atoms with E-state index in [1.54, 1.807) is 28.6 Å². The van der Waals surface area contributed by atoms with Gasteiger partial charge in [-0.2, -0.15) is 4.31 Å². The lowest BCUT2D eigenvalue weighted by molar-refractivity contribution is 0.185. The highest BCUT2D eigenvalue weighted by Gasteiger charge is 2.29. The molecule has 146 valence electrons. The molecule has 1 aliphatic heterocycles. The summed E-state index contributed by atoms with van der Waals surface area (Å²) >= 11 is 0. The van der Waals surface area contributed by atoms with Crippen LogP contribution in [0.3, 0.4) is 0 Å². The quantitative estimate of drug-likeness (QED) is 0.719. The molecule has 6 heteroatoms. The Labute approximate surface area is 162 Å². The number of para-hydroxylation sites is 1. The van der Waals surface area contributed by atoms with Gasteiger partial charge in [0.15, 0.2) is 0 Å². The third kappa shape index (κ3) is 5.23. The van der Waals surface area contributed by atoms with Crippen molar-refractivity contribution in [3.63, 3.8) is 0 Å². The van der Waals surface area contributed by atoms with Gasteiger partial charge in [-0.05, 0) is 69.0 Å². The first-order valence-electron chi connectivity index (χ1n) is 9.40. The molecule has 0 N–H and O–H groups in total. The highest BCUT2D eigenvalue weighted by atomic mass is 32.2. The molecule has 0 bridgehead atoms. The van der Waals surface area contributed by atoms with E-state index in [9.17, 15) is 8.42 Å². The second-order valence-corrected chi connectivity index (χ2v) is 9.05. The Hall–Kier alpha value is -2.05. The van der Waals surface area contributed by atoms with Gasteiger partial charge in [-0.3, -0.25) is 0 Å². The predicted octanol–water partition coefficient (Wildman–Crippen LogP) is 3.95. The van der Waals surface area contributed by atoms with Crippen LogP contribution >= 0.6 is 0 Å². The van der Waals surface area contributed by atoms with E-state index in [1.807, 2.05) is 44.2 Å². The van der Waals surface area contributed by atoms with Crippen LogP contribution in [-0.2, 0) is 10.0 Å². The molecule has 3 rings (SSSR count). The lowest BCUT2D eigenvalue weighted by Gasteiger charge is -2.31. The maximum absolute atomic E-state index is 12.9. The van der Waals surface area contributed by atoms with Crippen molar-refractivity contribution in [2.75, 3.05) is 19.7 Å². The molecule has 27 heavy (non-hydrogen) atoms. The summed E-state index contributed by atoms with van der Waals surface area (Å²) in [5, 5.41) is 0. The maximum atomic E-state index is 12.9. The molecule has 0 spiro atoms. The molecule has 0 saturated carbocycles. The van der Waals surface area contributed by atoms with Crippen molar-refractivity contribution in [3.8, 4) is 11.5 Å². The molecule has 0 radical (unpaired) electrons. The second-order valence-electron chi connectivity index (χ2n) is 7.11. The molecular formula is C21H27NO4S. The second kappa shape index (κ2) is 8.76. The van der Waals surface area contributed by atoms with Crippen molar-refractivity contribution < 1.29 is 17.9 Å². The third-order valence-corrected chi connectivity index (χ3v) is 6.55. The van der Waals surface area contributed by atoms with E-state index in [1.165, 1.54) is 0 Å². The van der Waals surface area contributed by atoms with Gasteiger partial charge in [0.05, 0.1) is 17.6 Å². The van der Waals surface area contributed by atoms with Crippen molar-refractivity contribution in [1.29, 1.82) is 0 Å². The summed E-state index contributed by atoms with van der Waals surface area (Å²) in [5.74, 6) is 1.91. The molecule has 1 fully saturated rings. The van der Waals surface area contributed by atoms with E-state index in [0.29, 0.717) is 36.3 Å². The molecular weight excluding hydrogens is 362 g/mol. The predicted molar refractivity (Wildman–Crippen MR) is 106 cm³/mol. The number of hydrogen-bond donors (Lipinski definition) is 0. The molecule has 0 atom stereocenters. The first-order chi connectivity index (χ1) is 12.9. The largest absolute Gasteiger partial charge is 0.493 e. The SMILES string of the molecule is CC(C)Oc1ccc(S(=O)(=O)N2CCC(COc3ccccc3)CC2)cc1. The maximum Gasteiger partial charge on any atom is 0.243 e. The smallest absolute Gasteiger partial charge is 0.243 e. The van der Waals surface area contributed by atoms with Gasteiger partial charge >= 0.3 is 0 Å². The van der Waals surface area contributed by atoms with E-state index in [0.717, 1.165) is 18.6 Å². The number of hydrogen-bond acceptors (Lipinski definition) is 4. The van der Waals surface area contributed by atoms with Crippen LogP contribution in [0.2, 0.25) is 0 Å². The standard InChI is InChI=1S/C21H27NO4S/c1-17(2)26-20-8-10-21(11-9-20)27(23,24)22-14-12-18(13-15-22)16-25-19-6-4-3-5-7-19/h3-11,17-18H,12-16H2,1-2H3. The molecule has 2 aromatic rings. The topological polar surface area (TPSA) is 55.8 Å². The minimum absolute atomic E-state index is 0.0598. The van der Waals surface area contributed by atoms with Crippen LogP contribution < -0.4 is 9.47 Å². The van der Waals surface area contributed by atoms with Gasteiger partial charge < -0.3 is 9.47 Å². The van der Waals surface area contributed by atoms with Gasteiger partial charge in [0.2, 0.25) is 10.0 Å². The van der Waals surface area contributed by atoms with Crippen molar-refractivity contribution in [1.82, 2.24) is 4.31 Å². The van der Waals surface area contributed by atoms with Gasteiger partial charge in [-0.15, -0.1) is 0 Å². The van der Waals surface area contributed by atoms with Gasteiger partial charge in [0.1, 0.15) is 11.5 Å². The van der Waals surface area contributed by atoms with Crippen molar-refractivity contribution in [2.24, 2.45) is 5.92 Å². The van der Waals surface area contributed by atoms with Crippen LogP contribution in [0.25, 0.3) is 0 Å². The van der Waals surface area contributed by atoms with Crippen molar-refractivity contribution in [3.05, 3.63) is 54.6 Å². The van der Waals surface area contributed by atoms with E-state index in [2.05, 4.69) is 0 Å². The van der Waals surface area contributed by atoms with Crippen LogP contribution in [0.4, 0.5) is 0 Å². The van der Waals surface area contributed by atoms with Crippen LogP contribution in [0, 0.1) is 5.92 Å². The molecule has 1 saturated heterocycles. The van der Waals surface area contributed by atoms with Crippen LogP contribution in [0.5, 0.6) is 11.5 Å². The van der Waals surface area contributed by atoms with E-state index in [-0.39, 0.29) is 6.10 Å². The van der Waals surface area contributed by atoms with E-state index >= 15 is 0 Å². The van der Waals surface area contributed by atoms with Crippen molar-refractivity contribution in [2.45, 2.75) is 37.7 Å². The number of nitrogens with zero attached hydrogens (tertiary/aromatic N) is 1. The van der Waals surface area contributed by atoms with Gasteiger partial charge in [-0.25, -0.2) is 8.42 Å². The molecule has 1 aliphatic rings. The van der Waals surface area contributed by atoms with Crippen molar-refractivity contribution >= 4 is 10.0 Å². The fourth-order valence-electron chi connectivity index (χ4n) is 3.16. The molecule has 5 nitrogen and oxygen atoms in total. The Morgan fingerprint density at radius 1 is 0.963 bits per heavy atom.